The van der Waals surface area contributed by atoms with Crippen molar-refractivity contribution >= 4 is 0 Å². The first-order valence-corrected chi connectivity index (χ1v) is 4.90. The zero-order valence-corrected chi connectivity index (χ0v) is 7.72. The lowest BCUT2D eigenvalue weighted by atomic mass is 9.72. The van der Waals surface area contributed by atoms with Gasteiger partial charge in [0.15, 0.2) is 5.60 Å². The molecule has 2 fully saturated rings. The van der Waals surface area contributed by atoms with Crippen LogP contribution < -0.4 is 5.73 Å². The lowest BCUT2D eigenvalue weighted by molar-refractivity contribution is -0.295. The van der Waals surface area contributed by atoms with Crippen molar-refractivity contribution in [3.05, 3.63) is 0 Å². The Labute approximate surface area is 80.3 Å². The third-order valence-electron chi connectivity index (χ3n) is 3.74. The molecule has 0 aliphatic heterocycles. The molecule has 2 rings (SSSR count). The first-order chi connectivity index (χ1) is 6.35. The number of nitrogens with two attached hydrogens (primary N) is 1. The molecule has 0 saturated heterocycles. The van der Waals surface area contributed by atoms with E-state index in [4.69, 9.17) is 5.73 Å². The Hall–Kier alpha value is -0.290. The van der Waals surface area contributed by atoms with Crippen LogP contribution in [0.4, 0.5) is 13.2 Å². The van der Waals surface area contributed by atoms with Gasteiger partial charge in [0, 0.05) is 6.04 Å². The Morgan fingerprint density at radius 2 is 1.57 bits per heavy atom. The van der Waals surface area contributed by atoms with E-state index in [1.807, 2.05) is 0 Å². The molecule has 0 aromatic rings. The molecule has 2 saturated carbocycles. The van der Waals surface area contributed by atoms with Crippen LogP contribution >= 0.6 is 0 Å². The van der Waals surface area contributed by atoms with E-state index < -0.39 is 23.6 Å². The van der Waals surface area contributed by atoms with Gasteiger partial charge in [-0.25, -0.2) is 0 Å². The normalized spacial score (nSPS) is 48.2. The van der Waals surface area contributed by atoms with Crippen molar-refractivity contribution in [3.63, 3.8) is 0 Å². The molecular formula is C9H14F3NO. The van der Waals surface area contributed by atoms with Gasteiger partial charge in [0.05, 0.1) is 0 Å². The van der Waals surface area contributed by atoms with Gasteiger partial charge in [-0.05, 0) is 37.5 Å². The monoisotopic (exact) mass is 209 g/mol. The van der Waals surface area contributed by atoms with Gasteiger partial charge in [-0.2, -0.15) is 13.2 Å². The van der Waals surface area contributed by atoms with E-state index in [1.165, 1.54) is 0 Å². The molecule has 82 valence electrons. The molecule has 0 spiro atoms. The van der Waals surface area contributed by atoms with Crippen molar-refractivity contribution in [1.82, 2.24) is 0 Å². The summed E-state index contributed by atoms with van der Waals surface area (Å²) in [5.74, 6) is -1.37. The lowest BCUT2D eigenvalue weighted by Crippen LogP contribution is -2.57. The lowest BCUT2D eigenvalue weighted by Gasteiger charge is -2.42. The molecule has 3 N–H and O–H groups in total. The molecule has 5 heteroatoms. The summed E-state index contributed by atoms with van der Waals surface area (Å²) in [5, 5.41) is 9.74. The SMILES string of the molecule is NC1C[C@H]2CC[C@@H](C1)C2(O)C(F)(F)F. The molecule has 14 heavy (non-hydrogen) atoms. The molecule has 2 aliphatic rings. The summed E-state index contributed by atoms with van der Waals surface area (Å²) in [7, 11) is 0. The van der Waals surface area contributed by atoms with Crippen LogP contribution in [0.5, 0.6) is 0 Å². The van der Waals surface area contributed by atoms with E-state index in [-0.39, 0.29) is 6.04 Å². The van der Waals surface area contributed by atoms with Crippen LogP contribution in [0.1, 0.15) is 25.7 Å². The van der Waals surface area contributed by atoms with Crippen molar-refractivity contribution in [2.75, 3.05) is 0 Å². The maximum absolute atomic E-state index is 12.7. The highest BCUT2D eigenvalue weighted by Gasteiger charge is 2.66. The summed E-state index contributed by atoms with van der Waals surface area (Å²) in [6, 6.07) is -0.171. The van der Waals surface area contributed by atoms with E-state index in [9.17, 15) is 18.3 Å². The van der Waals surface area contributed by atoms with Gasteiger partial charge in [0.1, 0.15) is 0 Å². The van der Waals surface area contributed by atoms with Gasteiger partial charge in [-0.15, -0.1) is 0 Å². The van der Waals surface area contributed by atoms with Crippen LogP contribution in [-0.2, 0) is 0 Å². The fourth-order valence-electron chi connectivity index (χ4n) is 3.06. The van der Waals surface area contributed by atoms with E-state index in [2.05, 4.69) is 0 Å². The first-order valence-electron chi connectivity index (χ1n) is 4.90. The zero-order valence-electron chi connectivity index (χ0n) is 7.72. The smallest absolute Gasteiger partial charge is 0.380 e. The third kappa shape index (κ3) is 1.18. The summed E-state index contributed by atoms with van der Waals surface area (Å²) in [6.07, 6.45) is -3.00. The molecule has 0 amide bonds. The first kappa shape index (κ1) is 10.2. The van der Waals surface area contributed by atoms with Crippen molar-refractivity contribution in [2.45, 2.75) is 43.5 Å². The number of alkyl halides is 3. The topological polar surface area (TPSA) is 46.2 Å². The van der Waals surface area contributed by atoms with Crippen LogP contribution in [0.25, 0.3) is 0 Å². The minimum absolute atomic E-state index is 0.171. The van der Waals surface area contributed by atoms with Crippen LogP contribution in [0.15, 0.2) is 0 Å². The van der Waals surface area contributed by atoms with Crippen molar-refractivity contribution < 1.29 is 18.3 Å². The van der Waals surface area contributed by atoms with E-state index in [0.29, 0.717) is 25.7 Å². The predicted octanol–water partition coefficient (Wildman–Crippen LogP) is 1.43. The highest BCUT2D eigenvalue weighted by molar-refractivity contribution is 5.08. The minimum Gasteiger partial charge on any atom is -0.380 e. The largest absolute Gasteiger partial charge is 0.417 e. The highest BCUT2D eigenvalue weighted by atomic mass is 19.4. The number of fused-ring (bicyclic) bond motifs is 2. The Kier molecular flexibility index (Phi) is 2.09. The summed E-state index contributed by atoms with van der Waals surface area (Å²) in [6.45, 7) is 0. The van der Waals surface area contributed by atoms with Gasteiger partial charge in [-0.3, -0.25) is 0 Å². The van der Waals surface area contributed by atoms with Gasteiger partial charge in [-0.1, -0.05) is 0 Å². The Morgan fingerprint density at radius 1 is 1.14 bits per heavy atom. The highest BCUT2D eigenvalue weighted by Crippen LogP contribution is 2.56. The second kappa shape index (κ2) is 2.85. The molecule has 2 unspecified atom stereocenters. The second-order valence-corrected chi connectivity index (χ2v) is 4.53. The van der Waals surface area contributed by atoms with Crippen LogP contribution in [0, 0.1) is 11.8 Å². The van der Waals surface area contributed by atoms with Crippen molar-refractivity contribution in [3.8, 4) is 0 Å². The Balaban J connectivity index is 2.30. The maximum Gasteiger partial charge on any atom is 0.417 e. The number of hydrogen-bond donors (Lipinski definition) is 2. The summed E-state index contributed by atoms with van der Waals surface area (Å²) < 4.78 is 38.1. The Bertz CT molecular complexity index is 227. The van der Waals surface area contributed by atoms with Gasteiger partial charge in [0.25, 0.3) is 0 Å². The maximum atomic E-state index is 12.7. The van der Waals surface area contributed by atoms with Gasteiger partial charge >= 0.3 is 6.18 Å². The molecule has 2 nitrogen and oxygen atoms in total. The quantitative estimate of drug-likeness (QED) is 0.634. The third-order valence-corrected chi connectivity index (χ3v) is 3.74. The van der Waals surface area contributed by atoms with E-state index in [0.717, 1.165) is 0 Å². The Morgan fingerprint density at radius 3 is 1.93 bits per heavy atom. The summed E-state index contributed by atoms with van der Waals surface area (Å²) >= 11 is 0. The number of hydrogen-bond acceptors (Lipinski definition) is 2. The summed E-state index contributed by atoms with van der Waals surface area (Å²) in [5.41, 5.74) is 3.19. The fourth-order valence-corrected chi connectivity index (χ4v) is 3.06. The van der Waals surface area contributed by atoms with E-state index in [1.54, 1.807) is 0 Å². The minimum atomic E-state index is -4.50. The number of aliphatic hydroxyl groups is 1. The fraction of sp³-hybridized carbons (Fsp3) is 1.00. The molecular weight excluding hydrogens is 195 g/mol. The molecule has 2 bridgehead atoms. The molecule has 2 aliphatic carbocycles. The standard InChI is InChI=1S/C9H14F3NO/c10-9(11,12)8(14)5-1-2-6(8)4-7(13)3-5/h5-7,14H,1-4,13H2/t5-,6+,7?,8?. The molecule has 0 aromatic heterocycles. The van der Waals surface area contributed by atoms with E-state index >= 15 is 0 Å². The second-order valence-electron chi connectivity index (χ2n) is 4.53. The average molecular weight is 209 g/mol. The van der Waals surface area contributed by atoms with Gasteiger partial charge in [0.2, 0.25) is 0 Å². The van der Waals surface area contributed by atoms with Gasteiger partial charge < -0.3 is 10.8 Å². The molecule has 4 atom stereocenters. The molecule has 0 heterocycles. The molecule has 0 aromatic carbocycles. The predicted molar refractivity (Wildman–Crippen MR) is 44.4 cm³/mol. The van der Waals surface area contributed by atoms with Crippen LogP contribution in [0.2, 0.25) is 0 Å². The zero-order chi connectivity index (χ0) is 10.6. The van der Waals surface area contributed by atoms with Crippen LogP contribution in [0.3, 0.4) is 0 Å². The average Bonchev–Trinajstić information content (AvgIpc) is 2.29. The van der Waals surface area contributed by atoms with Crippen LogP contribution in [-0.4, -0.2) is 22.9 Å². The molecule has 0 radical (unpaired) electrons. The number of halogens is 3. The number of rotatable bonds is 0. The van der Waals surface area contributed by atoms with Crippen molar-refractivity contribution in [2.24, 2.45) is 17.6 Å². The summed E-state index contributed by atoms with van der Waals surface area (Å²) in [4.78, 5) is 0. The van der Waals surface area contributed by atoms with Crippen molar-refractivity contribution in [1.29, 1.82) is 0 Å².